The van der Waals surface area contributed by atoms with Crippen molar-refractivity contribution < 1.29 is 0 Å². The van der Waals surface area contributed by atoms with Gasteiger partial charge in [0.05, 0.1) is 0 Å². The lowest BCUT2D eigenvalue weighted by Gasteiger charge is -2.57. The van der Waals surface area contributed by atoms with Gasteiger partial charge in [-0.2, -0.15) is 0 Å². The molecule has 0 amide bonds. The first-order valence-corrected chi connectivity index (χ1v) is 7.18. The second-order valence-electron chi connectivity index (χ2n) is 6.52. The van der Waals surface area contributed by atoms with E-state index in [-0.39, 0.29) is 0 Å². The van der Waals surface area contributed by atoms with Crippen LogP contribution in [0.4, 0.5) is 0 Å². The molecule has 0 radical (unpaired) electrons. The first-order valence-electron chi connectivity index (χ1n) is 7.18. The average Bonchev–Trinajstić information content (AvgIpc) is 2.76. The monoisotopic (exact) mass is 219 g/mol. The van der Waals surface area contributed by atoms with Crippen molar-refractivity contribution in [2.24, 2.45) is 16.6 Å². The number of nitrogens with two attached hydrogens (primary N) is 1. The summed E-state index contributed by atoms with van der Waals surface area (Å²) in [6.45, 7) is 0.903. The fourth-order valence-corrected chi connectivity index (χ4v) is 4.68. The molecule has 0 aromatic heterocycles. The highest BCUT2D eigenvalue weighted by Gasteiger charge is 2.55. The average molecular weight is 219 g/mol. The molecule has 0 aliphatic heterocycles. The molecule has 2 saturated carbocycles. The summed E-state index contributed by atoms with van der Waals surface area (Å²) in [6.07, 6.45) is 16.7. The van der Waals surface area contributed by atoms with Crippen LogP contribution in [-0.2, 0) is 0 Å². The zero-order valence-corrected chi connectivity index (χ0v) is 10.4. The van der Waals surface area contributed by atoms with Crippen molar-refractivity contribution in [1.82, 2.24) is 0 Å². The summed E-state index contributed by atoms with van der Waals surface area (Å²) < 4.78 is 0. The largest absolute Gasteiger partial charge is 0.330 e. The van der Waals surface area contributed by atoms with Crippen molar-refractivity contribution in [2.75, 3.05) is 6.54 Å². The van der Waals surface area contributed by atoms with Crippen molar-refractivity contribution in [1.29, 1.82) is 0 Å². The van der Waals surface area contributed by atoms with Crippen LogP contribution in [0, 0.1) is 10.8 Å². The van der Waals surface area contributed by atoms with Gasteiger partial charge in [-0.3, -0.25) is 0 Å². The molecule has 3 rings (SSSR count). The van der Waals surface area contributed by atoms with Crippen LogP contribution in [0.1, 0.15) is 64.2 Å². The fraction of sp³-hybridized carbons (Fsp3) is 0.867. The van der Waals surface area contributed by atoms with E-state index in [4.69, 9.17) is 5.73 Å². The molecule has 0 bridgehead atoms. The molecule has 0 aromatic rings. The first kappa shape index (κ1) is 10.8. The summed E-state index contributed by atoms with van der Waals surface area (Å²) in [5.74, 6) is 0. The fourth-order valence-electron chi connectivity index (χ4n) is 4.68. The quantitative estimate of drug-likeness (QED) is 0.703. The Bertz CT molecular complexity index is 289. The van der Waals surface area contributed by atoms with Gasteiger partial charge < -0.3 is 5.73 Å². The Kier molecular flexibility index (Phi) is 2.62. The van der Waals surface area contributed by atoms with Crippen LogP contribution in [0.25, 0.3) is 0 Å². The van der Waals surface area contributed by atoms with E-state index in [1.807, 2.05) is 0 Å². The molecule has 1 nitrogen and oxygen atoms in total. The van der Waals surface area contributed by atoms with Gasteiger partial charge in [0.2, 0.25) is 0 Å². The zero-order valence-electron chi connectivity index (χ0n) is 10.4. The van der Waals surface area contributed by atoms with Crippen molar-refractivity contribution >= 4 is 0 Å². The Morgan fingerprint density at radius 1 is 1.06 bits per heavy atom. The molecular formula is C15H25N. The number of allylic oxidation sites excluding steroid dienone is 1. The van der Waals surface area contributed by atoms with E-state index < -0.39 is 0 Å². The Labute approximate surface area is 99.5 Å². The molecule has 2 N–H and O–H groups in total. The van der Waals surface area contributed by atoms with Crippen molar-refractivity contribution in [3.8, 4) is 0 Å². The van der Waals surface area contributed by atoms with Crippen LogP contribution in [0.2, 0.25) is 0 Å². The predicted molar refractivity (Wildman–Crippen MR) is 68.2 cm³/mol. The van der Waals surface area contributed by atoms with Crippen molar-refractivity contribution in [2.45, 2.75) is 64.2 Å². The third-order valence-corrected chi connectivity index (χ3v) is 5.45. The van der Waals surface area contributed by atoms with E-state index in [1.54, 1.807) is 5.57 Å². The minimum Gasteiger partial charge on any atom is -0.330 e. The molecule has 3 aliphatic carbocycles. The highest BCUT2D eigenvalue weighted by Crippen LogP contribution is 2.65. The van der Waals surface area contributed by atoms with Gasteiger partial charge in [0.25, 0.3) is 0 Å². The highest BCUT2D eigenvalue weighted by atomic mass is 14.7. The normalized spacial score (nSPS) is 31.2. The maximum absolute atomic E-state index is 6.11. The van der Waals surface area contributed by atoms with E-state index in [0.717, 1.165) is 12.0 Å². The minimum absolute atomic E-state index is 0.449. The van der Waals surface area contributed by atoms with Gasteiger partial charge in [-0.15, -0.1) is 0 Å². The molecule has 0 unspecified atom stereocenters. The molecule has 90 valence electrons. The lowest BCUT2D eigenvalue weighted by Crippen LogP contribution is -2.50. The van der Waals surface area contributed by atoms with E-state index in [0.29, 0.717) is 5.41 Å². The van der Waals surface area contributed by atoms with Gasteiger partial charge in [-0.05, 0) is 56.8 Å². The Morgan fingerprint density at radius 3 is 2.38 bits per heavy atom. The lowest BCUT2D eigenvalue weighted by molar-refractivity contribution is -0.00388. The standard InChI is InChI=1S/C15H25N/c16-12-15(13-6-2-1-3-7-13)10-14(11-15)8-4-5-9-14/h6H,1-5,7-12,16H2. The molecule has 2 fully saturated rings. The second-order valence-corrected chi connectivity index (χ2v) is 6.52. The van der Waals surface area contributed by atoms with Crippen LogP contribution >= 0.6 is 0 Å². The Hall–Kier alpha value is -0.300. The van der Waals surface area contributed by atoms with Crippen LogP contribution in [0.3, 0.4) is 0 Å². The van der Waals surface area contributed by atoms with Gasteiger partial charge in [0.1, 0.15) is 0 Å². The third kappa shape index (κ3) is 1.55. The van der Waals surface area contributed by atoms with E-state index in [2.05, 4.69) is 6.08 Å². The molecular weight excluding hydrogens is 194 g/mol. The number of rotatable bonds is 2. The first-order chi connectivity index (χ1) is 7.79. The highest BCUT2D eigenvalue weighted by molar-refractivity contribution is 5.25. The third-order valence-electron chi connectivity index (χ3n) is 5.45. The van der Waals surface area contributed by atoms with E-state index in [9.17, 15) is 0 Å². The zero-order chi connectivity index (χ0) is 11.1. The topological polar surface area (TPSA) is 26.0 Å². The van der Waals surface area contributed by atoms with Gasteiger partial charge in [0, 0.05) is 12.0 Å². The summed E-state index contributed by atoms with van der Waals surface area (Å²) in [4.78, 5) is 0. The van der Waals surface area contributed by atoms with E-state index in [1.165, 1.54) is 64.2 Å². The molecule has 0 saturated heterocycles. The molecule has 0 aromatic carbocycles. The Balaban J connectivity index is 1.74. The summed E-state index contributed by atoms with van der Waals surface area (Å²) in [6, 6.07) is 0. The maximum atomic E-state index is 6.11. The van der Waals surface area contributed by atoms with Crippen LogP contribution in [0.15, 0.2) is 11.6 Å². The summed E-state index contributed by atoms with van der Waals surface area (Å²) in [5, 5.41) is 0. The predicted octanol–water partition coefficient (Wildman–Crippen LogP) is 3.79. The van der Waals surface area contributed by atoms with Gasteiger partial charge in [-0.1, -0.05) is 24.5 Å². The Morgan fingerprint density at radius 2 is 1.81 bits per heavy atom. The van der Waals surface area contributed by atoms with Crippen molar-refractivity contribution in [3.63, 3.8) is 0 Å². The van der Waals surface area contributed by atoms with Gasteiger partial charge in [-0.25, -0.2) is 0 Å². The summed E-state index contributed by atoms with van der Waals surface area (Å²) in [7, 11) is 0. The maximum Gasteiger partial charge on any atom is 0.00450 e. The molecule has 3 aliphatic rings. The SMILES string of the molecule is NCC1(C2=CCCCC2)CC2(CCCC2)C1. The summed E-state index contributed by atoms with van der Waals surface area (Å²) >= 11 is 0. The second kappa shape index (κ2) is 3.87. The van der Waals surface area contributed by atoms with Crippen molar-refractivity contribution in [3.05, 3.63) is 11.6 Å². The van der Waals surface area contributed by atoms with Crippen LogP contribution in [0.5, 0.6) is 0 Å². The number of hydrogen-bond acceptors (Lipinski definition) is 1. The van der Waals surface area contributed by atoms with Crippen LogP contribution < -0.4 is 5.73 Å². The molecule has 1 spiro atoms. The number of hydrogen-bond donors (Lipinski definition) is 1. The summed E-state index contributed by atoms with van der Waals surface area (Å²) in [5.41, 5.74) is 9.03. The lowest BCUT2D eigenvalue weighted by atomic mass is 9.48. The van der Waals surface area contributed by atoms with E-state index >= 15 is 0 Å². The molecule has 16 heavy (non-hydrogen) atoms. The van der Waals surface area contributed by atoms with Crippen LogP contribution in [-0.4, -0.2) is 6.54 Å². The van der Waals surface area contributed by atoms with Gasteiger partial charge >= 0.3 is 0 Å². The molecule has 1 heteroatoms. The molecule has 0 atom stereocenters. The minimum atomic E-state index is 0.449. The smallest absolute Gasteiger partial charge is 0.00450 e. The van der Waals surface area contributed by atoms with Gasteiger partial charge in [0.15, 0.2) is 0 Å². The molecule has 0 heterocycles.